The highest BCUT2D eigenvalue weighted by molar-refractivity contribution is 4.87. The zero-order valence-electron chi connectivity index (χ0n) is 8.82. The maximum absolute atomic E-state index is 3.90. The van der Waals surface area contributed by atoms with E-state index in [1.54, 1.807) is 0 Å². The van der Waals surface area contributed by atoms with Crippen LogP contribution in [0.15, 0.2) is 12.2 Å². The molecule has 0 saturated carbocycles. The Kier molecular flexibility index (Phi) is 7.17. The first-order chi connectivity index (χ1) is 5.70. The molecule has 0 aromatic carbocycles. The summed E-state index contributed by atoms with van der Waals surface area (Å²) in [5.74, 6) is 0. The quantitative estimate of drug-likeness (QED) is 0.577. The number of nitrogens with one attached hydrogen (secondary N) is 1. The third kappa shape index (κ3) is 6.41. The molecule has 0 aliphatic heterocycles. The molecule has 0 spiro atoms. The van der Waals surface area contributed by atoms with Crippen LogP contribution in [0.5, 0.6) is 0 Å². The molecule has 12 heavy (non-hydrogen) atoms. The van der Waals surface area contributed by atoms with Crippen LogP contribution in [0.3, 0.4) is 0 Å². The summed E-state index contributed by atoms with van der Waals surface area (Å²) in [7, 11) is 0. The van der Waals surface area contributed by atoms with Crippen molar-refractivity contribution in [1.82, 2.24) is 5.32 Å². The molecule has 0 aliphatic carbocycles. The average Bonchev–Trinajstić information content (AvgIpc) is 2.02. The van der Waals surface area contributed by atoms with Crippen molar-refractivity contribution in [2.45, 2.75) is 52.5 Å². The topological polar surface area (TPSA) is 12.0 Å². The van der Waals surface area contributed by atoms with Gasteiger partial charge in [0.15, 0.2) is 0 Å². The summed E-state index contributed by atoms with van der Waals surface area (Å²) in [5, 5.41) is 3.48. The third-order valence-corrected chi connectivity index (χ3v) is 2.14. The van der Waals surface area contributed by atoms with Gasteiger partial charge in [0.25, 0.3) is 0 Å². The van der Waals surface area contributed by atoms with E-state index in [0.29, 0.717) is 6.04 Å². The average molecular weight is 169 g/mol. The zero-order chi connectivity index (χ0) is 9.40. The van der Waals surface area contributed by atoms with Crippen LogP contribution in [-0.2, 0) is 0 Å². The summed E-state index contributed by atoms with van der Waals surface area (Å²) in [5.41, 5.74) is 1.31. The van der Waals surface area contributed by atoms with Gasteiger partial charge in [-0.15, -0.1) is 6.58 Å². The largest absolute Gasteiger partial charge is 0.314 e. The maximum atomic E-state index is 3.90. The Morgan fingerprint density at radius 2 is 2.08 bits per heavy atom. The van der Waals surface area contributed by atoms with Gasteiger partial charge < -0.3 is 5.32 Å². The van der Waals surface area contributed by atoms with E-state index >= 15 is 0 Å². The minimum absolute atomic E-state index is 0.717. The molecule has 1 unspecified atom stereocenters. The van der Waals surface area contributed by atoms with Crippen LogP contribution in [-0.4, -0.2) is 12.6 Å². The van der Waals surface area contributed by atoms with Gasteiger partial charge in [0.1, 0.15) is 0 Å². The van der Waals surface area contributed by atoms with Crippen molar-refractivity contribution >= 4 is 0 Å². The zero-order valence-corrected chi connectivity index (χ0v) is 8.82. The fraction of sp³-hybridized carbons (Fsp3) is 0.818. The number of rotatable bonds is 7. The van der Waals surface area contributed by atoms with Gasteiger partial charge in [-0.3, -0.25) is 0 Å². The SMILES string of the molecule is C=C(C)CCCC(CC)NCC. The normalized spacial score (nSPS) is 12.9. The monoisotopic (exact) mass is 169 g/mol. The molecular formula is C11H23N. The molecule has 0 aromatic rings. The molecule has 0 rings (SSSR count). The Labute approximate surface area is 77.2 Å². The van der Waals surface area contributed by atoms with E-state index in [2.05, 4.69) is 32.7 Å². The first-order valence-corrected chi connectivity index (χ1v) is 5.08. The van der Waals surface area contributed by atoms with E-state index in [9.17, 15) is 0 Å². The highest BCUT2D eigenvalue weighted by Gasteiger charge is 2.02. The predicted molar refractivity (Wildman–Crippen MR) is 56.4 cm³/mol. The third-order valence-electron chi connectivity index (χ3n) is 2.14. The van der Waals surface area contributed by atoms with E-state index in [4.69, 9.17) is 0 Å². The predicted octanol–water partition coefficient (Wildman–Crippen LogP) is 3.12. The maximum Gasteiger partial charge on any atom is 0.00644 e. The number of hydrogen-bond acceptors (Lipinski definition) is 1. The van der Waals surface area contributed by atoms with Crippen LogP contribution >= 0.6 is 0 Å². The van der Waals surface area contributed by atoms with Crippen molar-refractivity contribution < 1.29 is 0 Å². The van der Waals surface area contributed by atoms with Gasteiger partial charge in [-0.1, -0.05) is 19.4 Å². The van der Waals surface area contributed by atoms with E-state index in [1.165, 1.54) is 31.3 Å². The van der Waals surface area contributed by atoms with Crippen LogP contribution in [0.25, 0.3) is 0 Å². The van der Waals surface area contributed by atoms with Crippen LogP contribution < -0.4 is 5.32 Å². The molecule has 0 saturated heterocycles. The lowest BCUT2D eigenvalue weighted by Gasteiger charge is -2.15. The summed E-state index contributed by atoms with van der Waals surface area (Å²) >= 11 is 0. The van der Waals surface area contributed by atoms with Crippen molar-refractivity contribution in [3.8, 4) is 0 Å². The molecule has 1 N–H and O–H groups in total. The Hall–Kier alpha value is -0.300. The highest BCUT2D eigenvalue weighted by Crippen LogP contribution is 2.08. The molecular weight excluding hydrogens is 146 g/mol. The second-order valence-electron chi connectivity index (χ2n) is 3.51. The van der Waals surface area contributed by atoms with Crippen LogP contribution in [0.1, 0.15) is 46.5 Å². The van der Waals surface area contributed by atoms with Crippen LogP contribution in [0.2, 0.25) is 0 Å². The molecule has 0 amide bonds. The first-order valence-electron chi connectivity index (χ1n) is 5.08. The minimum Gasteiger partial charge on any atom is -0.314 e. The van der Waals surface area contributed by atoms with Gasteiger partial charge in [-0.25, -0.2) is 0 Å². The van der Waals surface area contributed by atoms with Crippen molar-refractivity contribution in [3.63, 3.8) is 0 Å². The van der Waals surface area contributed by atoms with Crippen molar-refractivity contribution in [2.24, 2.45) is 0 Å². The van der Waals surface area contributed by atoms with Gasteiger partial charge in [-0.2, -0.15) is 0 Å². The molecule has 1 heteroatoms. The van der Waals surface area contributed by atoms with Crippen molar-refractivity contribution in [3.05, 3.63) is 12.2 Å². The van der Waals surface area contributed by atoms with Crippen LogP contribution in [0.4, 0.5) is 0 Å². The molecule has 0 aliphatic rings. The number of allylic oxidation sites excluding steroid dienone is 1. The molecule has 1 nitrogen and oxygen atoms in total. The fourth-order valence-corrected chi connectivity index (χ4v) is 1.39. The van der Waals surface area contributed by atoms with Crippen LogP contribution in [0, 0.1) is 0 Å². The minimum atomic E-state index is 0.717. The summed E-state index contributed by atoms with van der Waals surface area (Å²) in [6, 6.07) is 0.717. The second-order valence-corrected chi connectivity index (χ2v) is 3.51. The van der Waals surface area contributed by atoms with E-state index < -0.39 is 0 Å². The standard InChI is InChI=1S/C11H23N/c1-5-11(12-6-2)9-7-8-10(3)4/h11-12H,3,5-9H2,1-2,4H3. The Bertz CT molecular complexity index is 118. The van der Waals surface area contributed by atoms with Crippen molar-refractivity contribution in [2.75, 3.05) is 6.54 Å². The Morgan fingerprint density at radius 1 is 1.42 bits per heavy atom. The van der Waals surface area contributed by atoms with Gasteiger partial charge in [0.05, 0.1) is 0 Å². The van der Waals surface area contributed by atoms with Gasteiger partial charge >= 0.3 is 0 Å². The van der Waals surface area contributed by atoms with Gasteiger partial charge in [0, 0.05) is 6.04 Å². The van der Waals surface area contributed by atoms with E-state index in [0.717, 1.165) is 6.54 Å². The lowest BCUT2D eigenvalue weighted by Crippen LogP contribution is -2.27. The molecule has 0 radical (unpaired) electrons. The summed E-state index contributed by atoms with van der Waals surface area (Å²) in [4.78, 5) is 0. The summed E-state index contributed by atoms with van der Waals surface area (Å²) < 4.78 is 0. The molecule has 72 valence electrons. The lowest BCUT2D eigenvalue weighted by molar-refractivity contribution is 0.467. The molecule has 1 atom stereocenters. The molecule has 0 fully saturated rings. The highest BCUT2D eigenvalue weighted by atomic mass is 14.9. The lowest BCUT2D eigenvalue weighted by atomic mass is 10.0. The summed E-state index contributed by atoms with van der Waals surface area (Å²) in [6.07, 6.45) is 4.99. The summed E-state index contributed by atoms with van der Waals surface area (Å²) in [6.45, 7) is 11.5. The van der Waals surface area contributed by atoms with E-state index in [1.807, 2.05) is 0 Å². The van der Waals surface area contributed by atoms with E-state index in [-0.39, 0.29) is 0 Å². The second kappa shape index (κ2) is 7.35. The first kappa shape index (κ1) is 11.7. The fourth-order valence-electron chi connectivity index (χ4n) is 1.39. The van der Waals surface area contributed by atoms with Gasteiger partial charge in [0.2, 0.25) is 0 Å². The number of hydrogen-bond donors (Lipinski definition) is 1. The molecule has 0 aromatic heterocycles. The Morgan fingerprint density at radius 3 is 2.50 bits per heavy atom. The van der Waals surface area contributed by atoms with Gasteiger partial charge in [-0.05, 0) is 39.2 Å². The Balaban J connectivity index is 3.37. The smallest absolute Gasteiger partial charge is 0.00644 e. The molecule has 0 bridgehead atoms. The molecule has 0 heterocycles. The van der Waals surface area contributed by atoms with Crippen molar-refractivity contribution in [1.29, 1.82) is 0 Å².